The third-order valence-corrected chi connectivity index (χ3v) is 6.14. The Morgan fingerprint density at radius 3 is 2.00 bits per heavy atom. The summed E-state index contributed by atoms with van der Waals surface area (Å²) in [6.07, 6.45) is 0.597. The maximum Gasteiger partial charge on any atom is 0.123 e. The van der Waals surface area contributed by atoms with Gasteiger partial charge in [0.2, 0.25) is 0 Å². The molecule has 1 aliphatic rings. The number of nitriles is 1. The van der Waals surface area contributed by atoms with Crippen molar-refractivity contribution in [2.45, 2.75) is 65.3 Å². The second-order valence-electron chi connectivity index (χ2n) is 10.4. The van der Waals surface area contributed by atoms with Gasteiger partial charge in [0.1, 0.15) is 17.5 Å². The Balaban J connectivity index is 2.03. The van der Waals surface area contributed by atoms with Crippen molar-refractivity contribution in [3.8, 4) is 11.8 Å². The molecule has 0 bridgehead atoms. The van der Waals surface area contributed by atoms with Crippen molar-refractivity contribution < 1.29 is 5.11 Å². The molecule has 1 heterocycles. The smallest absolute Gasteiger partial charge is 0.123 e. The fourth-order valence-corrected chi connectivity index (χ4v) is 4.40. The van der Waals surface area contributed by atoms with Crippen LogP contribution in [0.25, 0.3) is 0 Å². The average molecular weight is 433 g/mol. The average Bonchev–Trinajstić information content (AvgIpc) is 2.96. The van der Waals surface area contributed by atoms with Gasteiger partial charge in [-0.25, -0.2) is 0 Å². The summed E-state index contributed by atoms with van der Waals surface area (Å²) >= 11 is 5.71. The van der Waals surface area contributed by atoms with E-state index in [9.17, 15) is 10.4 Å². The number of allylic oxidation sites excluding steroid dienone is 1. The van der Waals surface area contributed by atoms with E-state index in [1.165, 1.54) is 0 Å². The normalized spacial score (nSPS) is 14.9. The first-order valence-electron chi connectivity index (χ1n) is 10.7. The number of nitrogens with zero attached hydrogens (tertiary/aromatic N) is 2. The highest BCUT2D eigenvalue weighted by Crippen LogP contribution is 2.40. The van der Waals surface area contributed by atoms with E-state index in [1.54, 1.807) is 0 Å². The molecule has 1 N–H and O–H groups in total. The van der Waals surface area contributed by atoms with Gasteiger partial charge in [0.05, 0.1) is 6.54 Å². The van der Waals surface area contributed by atoms with E-state index in [0.717, 1.165) is 32.7 Å². The van der Waals surface area contributed by atoms with E-state index < -0.39 is 0 Å². The van der Waals surface area contributed by atoms with Gasteiger partial charge in [-0.15, -0.1) is 0 Å². The first kappa shape index (κ1) is 23.0. The quantitative estimate of drug-likeness (QED) is 0.585. The fraction of sp³-hybridized carbons (Fsp3) is 0.407. The number of benzene rings is 2. The molecule has 0 unspecified atom stereocenters. The summed E-state index contributed by atoms with van der Waals surface area (Å²) in [5.74, 6) is 0.373. The summed E-state index contributed by atoms with van der Waals surface area (Å²) < 4.78 is 0. The zero-order valence-corrected chi connectivity index (χ0v) is 20.2. The van der Waals surface area contributed by atoms with Gasteiger partial charge in [0.25, 0.3) is 0 Å². The molecule has 1 aliphatic heterocycles. The Hall–Kier alpha value is -2.64. The van der Waals surface area contributed by atoms with Crippen molar-refractivity contribution in [1.82, 2.24) is 4.90 Å². The molecule has 0 aliphatic carbocycles. The van der Waals surface area contributed by atoms with Crippen molar-refractivity contribution in [3.63, 3.8) is 0 Å². The number of phenols is 1. The molecule has 31 heavy (non-hydrogen) atoms. The molecule has 2 aromatic carbocycles. The lowest BCUT2D eigenvalue weighted by Gasteiger charge is -2.28. The minimum atomic E-state index is -0.192. The lowest BCUT2D eigenvalue weighted by molar-refractivity contribution is 0.410. The lowest BCUT2D eigenvalue weighted by Crippen LogP contribution is -2.20. The van der Waals surface area contributed by atoms with Crippen LogP contribution < -0.4 is 0 Å². The van der Waals surface area contributed by atoms with E-state index in [-0.39, 0.29) is 10.8 Å². The predicted molar refractivity (Wildman–Crippen MR) is 131 cm³/mol. The predicted octanol–water partition coefficient (Wildman–Crippen LogP) is 6.19. The van der Waals surface area contributed by atoms with Gasteiger partial charge >= 0.3 is 0 Å². The molecular weight excluding hydrogens is 400 g/mol. The van der Waals surface area contributed by atoms with E-state index in [0.29, 0.717) is 31.0 Å². The van der Waals surface area contributed by atoms with Crippen molar-refractivity contribution in [1.29, 1.82) is 5.26 Å². The highest BCUT2D eigenvalue weighted by molar-refractivity contribution is 7.81. The molecule has 3 rings (SSSR count). The van der Waals surface area contributed by atoms with Crippen molar-refractivity contribution in [2.75, 3.05) is 6.54 Å². The van der Waals surface area contributed by atoms with Gasteiger partial charge in [0.15, 0.2) is 0 Å². The number of aromatic hydroxyl groups is 1. The maximum atomic E-state index is 11.0. The molecule has 0 atom stereocenters. The van der Waals surface area contributed by atoms with Crippen LogP contribution in [0, 0.1) is 11.3 Å². The molecule has 0 amide bonds. The zero-order valence-electron chi connectivity index (χ0n) is 19.4. The summed E-state index contributed by atoms with van der Waals surface area (Å²) in [4.78, 5) is 2.90. The summed E-state index contributed by atoms with van der Waals surface area (Å²) in [6.45, 7) is 13.9. The minimum Gasteiger partial charge on any atom is -0.507 e. The van der Waals surface area contributed by atoms with Crippen molar-refractivity contribution in [2.24, 2.45) is 0 Å². The van der Waals surface area contributed by atoms with Crippen LogP contribution in [0.3, 0.4) is 0 Å². The topological polar surface area (TPSA) is 47.3 Å². The first-order chi connectivity index (χ1) is 14.4. The molecule has 0 aromatic heterocycles. The van der Waals surface area contributed by atoms with Crippen molar-refractivity contribution >= 4 is 17.1 Å². The standard InChI is InChI=1S/C27H32N2OS/c1-26(2,3)21-13-19(14-22(25(21)30)27(4,5)6)12-20-23(15-28)29(17-24(20)31)16-18-10-8-7-9-11-18/h7-11,13-14,30H,12,16-17H2,1-6H3. The van der Waals surface area contributed by atoms with Crippen LogP contribution in [0.2, 0.25) is 0 Å². The second kappa shape index (κ2) is 8.48. The molecule has 0 radical (unpaired) electrons. The molecule has 3 nitrogen and oxygen atoms in total. The molecular formula is C27H32N2OS. The summed E-state index contributed by atoms with van der Waals surface area (Å²) in [7, 11) is 0. The number of hydrogen-bond donors (Lipinski definition) is 1. The van der Waals surface area contributed by atoms with Gasteiger partial charge in [-0.2, -0.15) is 5.26 Å². The van der Waals surface area contributed by atoms with Gasteiger partial charge in [-0.3, -0.25) is 0 Å². The van der Waals surface area contributed by atoms with E-state index >= 15 is 0 Å². The monoisotopic (exact) mass is 432 g/mol. The third-order valence-electron chi connectivity index (χ3n) is 5.76. The highest BCUT2D eigenvalue weighted by atomic mass is 32.1. The van der Waals surface area contributed by atoms with Crippen molar-refractivity contribution in [3.05, 3.63) is 76.0 Å². The number of hydrogen-bond acceptors (Lipinski definition) is 4. The highest BCUT2D eigenvalue weighted by Gasteiger charge is 2.30. The van der Waals surface area contributed by atoms with Crippen LogP contribution in [0.1, 0.15) is 63.8 Å². The van der Waals surface area contributed by atoms with E-state index in [2.05, 4.69) is 76.8 Å². The molecule has 0 saturated heterocycles. The Morgan fingerprint density at radius 1 is 0.968 bits per heavy atom. The Bertz CT molecular complexity index is 1030. The van der Waals surface area contributed by atoms with Crippen LogP contribution >= 0.6 is 12.2 Å². The summed E-state index contributed by atoms with van der Waals surface area (Å²) in [6, 6.07) is 16.7. The van der Waals surface area contributed by atoms with Crippen LogP contribution in [-0.2, 0) is 23.8 Å². The Labute approximate surface area is 192 Å². The van der Waals surface area contributed by atoms with Gasteiger partial charge < -0.3 is 10.0 Å². The van der Waals surface area contributed by atoms with Crippen LogP contribution in [0.15, 0.2) is 53.7 Å². The molecule has 162 valence electrons. The van der Waals surface area contributed by atoms with E-state index in [4.69, 9.17) is 12.2 Å². The molecule has 0 spiro atoms. The summed E-state index contributed by atoms with van der Waals surface area (Å²) in [5.41, 5.74) is 5.31. The molecule has 0 fully saturated rings. The summed E-state index contributed by atoms with van der Waals surface area (Å²) in [5, 5.41) is 20.9. The third kappa shape index (κ3) is 4.99. The molecule has 2 aromatic rings. The van der Waals surface area contributed by atoms with Crippen LogP contribution in [0.5, 0.6) is 5.75 Å². The van der Waals surface area contributed by atoms with Gasteiger partial charge in [0, 0.05) is 23.4 Å². The lowest BCUT2D eigenvalue weighted by atomic mass is 9.78. The van der Waals surface area contributed by atoms with Gasteiger partial charge in [-0.05, 0) is 33.1 Å². The number of phenolic OH excluding ortho intramolecular Hbond substituents is 1. The zero-order chi connectivity index (χ0) is 23.0. The van der Waals surface area contributed by atoms with Gasteiger partial charge in [-0.1, -0.05) is 96.2 Å². The van der Waals surface area contributed by atoms with Crippen LogP contribution in [-0.4, -0.2) is 21.4 Å². The molecule has 4 heteroatoms. The van der Waals surface area contributed by atoms with E-state index in [1.807, 2.05) is 18.2 Å². The minimum absolute atomic E-state index is 0.192. The first-order valence-corrected chi connectivity index (χ1v) is 11.1. The largest absolute Gasteiger partial charge is 0.507 e. The fourth-order valence-electron chi connectivity index (χ4n) is 4.07. The number of thiocarbonyl (C=S) groups is 1. The maximum absolute atomic E-state index is 11.0. The second-order valence-corrected chi connectivity index (χ2v) is 10.9. The number of rotatable bonds is 4. The Kier molecular flexibility index (Phi) is 6.30. The Morgan fingerprint density at radius 2 is 1.52 bits per heavy atom. The molecule has 0 saturated carbocycles. The SMILES string of the molecule is CC(C)(C)c1cc(CC2=C(C#N)N(Cc3ccccc3)CC2=S)cc(C(C)(C)C)c1O. The van der Waals surface area contributed by atoms with Crippen LogP contribution in [0.4, 0.5) is 0 Å².